The molecule has 1 aliphatic rings. The largest absolute Gasteiger partial charge is 0.508 e. The molecule has 1 aliphatic carbocycles. The molecule has 2 rings (SSSR count). The molecule has 0 bridgehead atoms. The molecule has 1 aromatic rings. The first kappa shape index (κ1) is 12.0. The lowest BCUT2D eigenvalue weighted by Gasteiger charge is -2.25. The van der Waals surface area contributed by atoms with Gasteiger partial charge in [-0.15, -0.1) is 0 Å². The third kappa shape index (κ3) is 2.78. The average Bonchev–Trinajstić information content (AvgIpc) is 2.25. The molecule has 3 heteroatoms. The van der Waals surface area contributed by atoms with Gasteiger partial charge in [-0.1, -0.05) is 25.3 Å². The molecule has 2 N–H and O–H groups in total. The summed E-state index contributed by atoms with van der Waals surface area (Å²) in [4.78, 5) is 11.9. The number of nitrogens with one attached hydrogen (secondary N) is 1. The van der Waals surface area contributed by atoms with Gasteiger partial charge < -0.3 is 10.4 Å². The van der Waals surface area contributed by atoms with E-state index < -0.39 is 0 Å². The van der Waals surface area contributed by atoms with Crippen LogP contribution in [0.3, 0.4) is 0 Å². The molecule has 3 nitrogen and oxygen atoms in total. The van der Waals surface area contributed by atoms with Gasteiger partial charge in [-0.05, 0) is 31.4 Å². The smallest absolute Gasteiger partial charge is 0.251 e. The van der Waals surface area contributed by atoms with Gasteiger partial charge in [0.05, 0.1) is 0 Å². The van der Waals surface area contributed by atoms with Gasteiger partial charge in [-0.3, -0.25) is 4.79 Å². The molecule has 0 unspecified atom stereocenters. The predicted molar refractivity (Wildman–Crippen MR) is 67.1 cm³/mol. The van der Waals surface area contributed by atoms with Crippen molar-refractivity contribution in [1.82, 2.24) is 5.32 Å². The molecule has 1 aromatic carbocycles. The van der Waals surface area contributed by atoms with E-state index in [4.69, 9.17) is 0 Å². The summed E-state index contributed by atoms with van der Waals surface area (Å²) in [5.74, 6) is 0.898. The van der Waals surface area contributed by atoms with Crippen LogP contribution in [0, 0.1) is 12.8 Å². The van der Waals surface area contributed by atoms with Crippen LogP contribution in [0.25, 0.3) is 0 Å². The van der Waals surface area contributed by atoms with Crippen molar-refractivity contribution in [3.05, 3.63) is 29.3 Å². The van der Waals surface area contributed by atoms with Crippen molar-refractivity contribution in [2.45, 2.75) is 32.6 Å². The molecule has 0 aliphatic heterocycles. The molecule has 92 valence electrons. The Morgan fingerprint density at radius 3 is 2.88 bits per heavy atom. The maximum atomic E-state index is 11.9. The van der Waals surface area contributed by atoms with Gasteiger partial charge in [0.2, 0.25) is 0 Å². The van der Waals surface area contributed by atoms with Gasteiger partial charge in [0.25, 0.3) is 5.91 Å². The first-order valence-corrected chi connectivity index (χ1v) is 6.25. The standard InChI is InChI=1S/C14H19NO2/c1-10-12(6-3-7-13(10)16)14(17)15-9-8-11-4-2-5-11/h3,6-7,11,16H,2,4-5,8-9H2,1H3,(H,15,17). The third-order valence-electron chi connectivity index (χ3n) is 3.61. The van der Waals surface area contributed by atoms with Gasteiger partial charge >= 0.3 is 0 Å². The maximum Gasteiger partial charge on any atom is 0.251 e. The van der Waals surface area contributed by atoms with Crippen molar-refractivity contribution in [3.63, 3.8) is 0 Å². The molecule has 0 saturated heterocycles. The van der Waals surface area contributed by atoms with E-state index in [1.165, 1.54) is 19.3 Å². The summed E-state index contributed by atoms with van der Waals surface area (Å²) in [6.07, 6.45) is 5.02. The highest BCUT2D eigenvalue weighted by Gasteiger charge is 2.17. The summed E-state index contributed by atoms with van der Waals surface area (Å²) in [6, 6.07) is 5.04. The van der Waals surface area contributed by atoms with Gasteiger partial charge in [0, 0.05) is 17.7 Å². The second kappa shape index (κ2) is 5.21. The molecule has 0 atom stereocenters. The van der Waals surface area contributed by atoms with E-state index in [2.05, 4.69) is 5.32 Å². The number of hydrogen-bond acceptors (Lipinski definition) is 2. The zero-order valence-corrected chi connectivity index (χ0v) is 10.2. The fourth-order valence-corrected chi connectivity index (χ4v) is 2.14. The highest BCUT2D eigenvalue weighted by molar-refractivity contribution is 5.96. The lowest BCUT2D eigenvalue weighted by molar-refractivity contribution is 0.0948. The highest BCUT2D eigenvalue weighted by Crippen LogP contribution is 2.28. The number of phenols is 1. The lowest BCUT2D eigenvalue weighted by atomic mass is 9.83. The van der Waals surface area contributed by atoms with Crippen LogP contribution in [0.1, 0.15) is 41.6 Å². The molecule has 1 fully saturated rings. The number of phenolic OH excluding ortho intramolecular Hbond substituents is 1. The Hall–Kier alpha value is -1.51. The fraction of sp³-hybridized carbons (Fsp3) is 0.500. The Morgan fingerprint density at radius 2 is 2.24 bits per heavy atom. The number of hydrogen-bond donors (Lipinski definition) is 2. The third-order valence-corrected chi connectivity index (χ3v) is 3.61. The molecular weight excluding hydrogens is 214 g/mol. The molecule has 0 aromatic heterocycles. The number of amides is 1. The number of benzene rings is 1. The van der Waals surface area contributed by atoms with Crippen LogP contribution >= 0.6 is 0 Å². The number of carbonyl (C=O) groups is 1. The molecule has 1 saturated carbocycles. The summed E-state index contributed by atoms with van der Waals surface area (Å²) in [6.45, 7) is 2.49. The normalized spacial score (nSPS) is 15.4. The summed E-state index contributed by atoms with van der Waals surface area (Å²) in [7, 11) is 0. The fourth-order valence-electron chi connectivity index (χ4n) is 2.14. The summed E-state index contributed by atoms with van der Waals surface area (Å²) >= 11 is 0. The second-order valence-corrected chi connectivity index (χ2v) is 4.79. The van der Waals surface area contributed by atoms with Gasteiger partial charge in [0.15, 0.2) is 0 Å². The minimum Gasteiger partial charge on any atom is -0.508 e. The van der Waals surface area contributed by atoms with Crippen molar-refractivity contribution in [1.29, 1.82) is 0 Å². The number of carbonyl (C=O) groups excluding carboxylic acids is 1. The van der Waals surface area contributed by atoms with Crippen LogP contribution in [-0.2, 0) is 0 Å². The SMILES string of the molecule is Cc1c(O)cccc1C(=O)NCCC1CCC1. The average molecular weight is 233 g/mol. The number of aromatic hydroxyl groups is 1. The Kier molecular flexibility index (Phi) is 3.67. The molecule has 17 heavy (non-hydrogen) atoms. The quantitative estimate of drug-likeness (QED) is 0.839. The van der Waals surface area contributed by atoms with E-state index >= 15 is 0 Å². The van der Waals surface area contributed by atoms with Crippen LogP contribution in [-0.4, -0.2) is 17.6 Å². The van der Waals surface area contributed by atoms with Crippen LogP contribution in [0.5, 0.6) is 5.75 Å². The molecular formula is C14H19NO2. The zero-order valence-electron chi connectivity index (χ0n) is 10.2. The van der Waals surface area contributed by atoms with E-state index in [0.717, 1.165) is 18.9 Å². The van der Waals surface area contributed by atoms with Crippen LogP contribution < -0.4 is 5.32 Å². The minimum absolute atomic E-state index is 0.0854. The van der Waals surface area contributed by atoms with Gasteiger partial charge in [-0.2, -0.15) is 0 Å². The predicted octanol–water partition coefficient (Wildman–Crippen LogP) is 2.62. The van der Waals surface area contributed by atoms with Crippen LogP contribution in [0.15, 0.2) is 18.2 Å². The van der Waals surface area contributed by atoms with E-state index in [0.29, 0.717) is 11.1 Å². The van der Waals surface area contributed by atoms with Gasteiger partial charge in [-0.25, -0.2) is 0 Å². The van der Waals surface area contributed by atoms with Gasteiger partial charge in [0.1, 0.15) is 5.75 Å². The Morgan fingerprint density at radius 1 is 1.47 bits per heavy atom. The molecule has 0 heterocycles. The first-order valence-electron chi connectivity index (χ1n) is 6.25. The van der Waals surface area contributed by atoms with Crippen molar-refractivity contribution < 1.29 is 9.90 Å². The zero-order chi connectivity index (χ0) is 12.3. The molecule has 0 radical (unpaired) electrons. The Labute approximate surface area is 102 Å². The van der Waals surface area contributed by atoms with Crippen LogP contribution in [0.4, 0.5) is 0 Å². The van der Waals surface area contributed by atoms with Crippen molar-refractivity contribution in [2.75, 3.05) is 6.54 Å². The monoisotopic (exact) mass is 233 g/mol. The van der Waals surface area contributed by atoms with Crippen LogP contribution in [0.2, 0.25) is 0 Å². The molecule has 1 amide bonds. The van der Waals surface area contributed by atoms with Crippen molar-refractivity contribution in [3.8, 4) is 5.75 Å². The molecule has 0 spiro atoms. The Balaban J connectivity index is 1.87. The summed E-state index contributed by atoms with van der Waals surface area (Å²) < 4.78 is 0. The first-order chi connectivity index (χ1) is 8.18. The summed E-state index contributed by atoms with van der Waals surface area (Å²) in [5, 5.41) is 12.4. The topological polar surface area (TPSA) is 49.3 Å². The number of rotatable bonds is 4. The van der Waals surface area contributed by atoms with E-state index in [1.54, 1.807) is 25.1 Å². The van der Waals surface area contributed by atoms with Crippen molar-refractivity contribution >= 4 is 5.91 Å². The van der Waals surface area contributed by atoms with E-state index in [1.807, 2.05) is 0 Å². The van der Waals surface area contributed by atoms with E-state index in [9.17, 15) is 9.90 Å². The minimum atomic E-state index is -0.0854. The second-order valence-electron chi connectivity index (χ2n) is 4.79. The van der Waals surface area contributed by atoms with E-state index in [-0.39, 0.29) is 11.7 Å². The maximum absolute atomic E-state index is 11.9. The highest BCUT2D eigenvalue weighted by atomic mass is 16.3. The lowest BCUT2D eigenvalue weighted by Crippen LogP contribution is -2.27. The summed E-state index contributed by atoms with van der Waals surface area (Å²) in [5.41, 5.74) is 1.22. The Bertz CT molecular complexity index is 411. The van der Waals surface area contributed by atoms with Crippen molar-refractivity contribution in [2.24, 2.45) is 5.92 Å².